The molecule has 3 rings (SSSR count). The second kappa shape index (κ2) is 8.01. The average Bonchev–Trinajstić information content (AvgIpc) is 2.67. The molecular weight excluding hydrogens is 360 g/mol. The lowest BCUT2D eigenvalue weighted by atomic mass is 10.1. The number of hydrogen-bond acceptors (Lipinski definition) is 5. The Kier molecular flexibility index (Phi) is 5.52. The van der Waals surface area contributed by atoms with Gasteiger partial charge in [0.1, 0.15) is 5.82 Å². The van der Waals surface area contributed by atoms with E-state index in [9.17, 15) is 8.42 Å². The van der Waals surface area contributed by atoms with Gasteiger partial charge < -0.3 is 0 Å². The molecule has 138 valence electrons. The van der Waals surface area contributed by atoms with Crippen LogP contribution >= 0.6 is 0 Å². The summed E-state index contributed by atoms with van der Waals surface area (Å²) in [6.07, 6.45) is 1.68. The van der Waals surface area contributed by atoms with Crippen molar-refractivity contribution in [3.05, 3.63) is 84.1 Å². The minimum atomic E-state index is -3.61. The predicted octanol–water partition coefficient (Wildman–Crippen LogP) is 4.03. The highest BCUT2D eigenvalue weighted by Gasteiger charge is 2.13. The van der Waals surface area contributed by atoms with Gasteiger partial charge >= 0.3 is 0 Å². The van der Waals surface area contributed by atoms with E-state index in [0.29, 0.717) is 11.5 Å². The Morgan fingerprint density at radius 3 is 2.30 bits per heavy atom. The van der Waals surface area contributed by atoms with Crippen molar-refractivity contribution in [1.82, 2.24) is 4.98 Å². The molecule has 0 amide bonds. The molecule has 0 unspecified atom stereocenters. The summed E-state index contributed by atoms with van der Waals surface area (Å²) in [6, 6.07) is 19.3. The molecule has 7 heteroatoms. The van der Waals surface area contributed by atoms with E-state index >= 15 is 0 Å². The van der Waals surface area contributed by atoms with Crippen molar-refractivity contribution in [3.8, 4) is 0 Å². The van der Waals surface area contributed by atoms with Crippen LogP contribution in [0, 0.1) is 6.92 Å². The third-order valence-corrected chi connectivity index (χ3v) is 5.29. The number of nitrogens with zero attached hydrogens (tertiary/aromatic N) is 2. The first kappa shape index (κ1) is 18.6. The van der Waals surface area contributed by atoms with Gasteiger partial charge in [-0.2, -0.15) is 5.10 Å². The highest BCUT2D eigenvalue weighted by molar-refractivity contribution is 7.92. The van der Waals surface area contributed by atoms with Crippen LogP contribution in [0.4, 0.5) is 11.5 Å². The normalized spacial score (nSPS) is 11.9. The Morgan fingerprint density at radius 2 is 1.67 bits per heavy atom. The summed E-state index contributed by atoms with van der Waals surface area (Å²) < 4.78 is 27.5. The molecule has 0 bridgehead atoms. The zero-order valence-corrected chi connectivity index (χ0v) is 15.9. The van der Waals surface area contributed by atoms with Gasteiger partial charge in [0.15, 0.2) is 0 Å². The van der Waals surface area contributed by atoms with E-state index in [1.807, 2.05) is 44.2 Å². The van der Waals surface area contributed by atoms with Crippen molar-refractivity contribution in [2.24, 2.45) is 5.10 Å². The Bertz CT molecular complexity index is 1030. The van der Waals surface area contributed by atoms with E-state index in [4.69, 9.17) is 0 Å². The van der Waals surface area contributed by atoms with Crippen molar-refractivity contribution in [3.63, 3.8) is 0 Å². The molecule has 6 nitrogen and oxygen atoms in total. The van der Waals surface area contributed by atoms with Crippen LogP contribution in [0.25, 0.3) is 0 Å². The maximum Gasteiger partial charge on any atom is 0.261 e. The lowest BCUT2D eigenvalue weighted by molar-refractivity contribution is 0.601. The summed E-state index contributed by atoms with van der Waals surface area (Å²) in [7, 11) is -3.61. The van der Waals surface area contributed by atoms with Crippen LogP contribution < -0.4 is 10.1 Å². The number of benzene rings is 2. The van der Waals surface area contributed by atoms with Gasteiger partial charge in [-0.15, -0.1) is 0 Å². The molecule has 27 heavy (non-hydrogen) atoms. The first-order valence-corrected chi connectivity index (χ1v) is 9.84. The highest BCUT2D eigenvalue weighted by Crippen LogP contribution is 2.17. The second-order valence-corrected chi connectivity index (χ2v) is 7.70. The number of anilines is 2. The number of sulfonamides is 1. The molecule has 1 aromatic heterocycles. The number of nitrogens with one attached hydrogen (secondary N) is 2. The third kappa shape index (κ3) is 4.92. The summed E-state index contributed by atoms with van der Waals surface area (Å²) in [6.45, 7) is 3.77. The highest BCUT2D eigenvalue weighted by atomic mass is 32.2. The Balaban J connectivity index is 1.70. The van der Waals surface area contributed by atoms with E-state index in [-0.39, 0.29) is 4.90 Å². The number of aromatic nitrogens is 1. The van der Waals surface area contributed by atoms with E-state index in [0.717, 1.165) is 16.8 Å². The Morgan fingerprint density at radius 1 is 0.963 bits per heavy atom. The minimum Gasteiger partial charge on any atom is -0.280 e. The fraction of sp³-hybridized carbons (Fsp3) is 0.100. The lowest BCUT2D eigenvalue weighted by Gasteiger charge is -2.09. The summed E-state index contributed by atoms with van der Waals surface area (Å²) in [5.41, 5.74) is 6.01. The largest absolute Gasteiger partial charge is 0.280 e. The number of pyridine rings is 1. The second-order valence-electron chi connectivity index (χ2n) is 6.02. The third-order valence-electron chi connectivity index (χ3n) is 3.89. The molecule has 0 aliphatic carbocycles. The molecule has 0 saturated carbocycles. The molecule has 2 aromatic carbocycles. The lowest BCUT2D eigenvalue weighted by Crippen LogP contribution is -2.13. The first-order chi connectivity index (χ1) is 12.9. The van der Waals surface area contributed by atoms with Gasteiger partial charge in [-0.05, 0) is 55.8 Å². The monoisotopic (exact) mass is 380 g/mol. The van der Waals surface area contributed by atoms with Gasteiger partial charge in [0.25, 0.3) is 10.0 Å². The van der Waals surface area contributed by atoms with Crippen LogP contribution in [-0.2, 0) is 10.0 Å². The van der Waals surface area contributed by atoms with Gasteiger partial charge in [-0.1, -0.05) is 35.9 Å². The van der Waals surface area contributed by atoms with Crippen LogP contribution in [0.15, 0.2) is 82.9 Å². The maximum atomic E-state index is 12.4. The van der Waals surface area contributed by atoms with Crippen LogP contribution in [0.5, 0.6) is 0 Å². The van der Waals surface area contributed by atoms with Gasteiger partial charge in [0, 0.05) is 11.9 Å². The molecule has 0 aliphatic rings. The van der Waals surface area contributed by atoms with Crippen molar-refractivity contribution in [2.75, 3.05) is 10.1 Å². The number of hydrazone groups is 1. The maximum absolute atomic E-state index is 12.4. The number of hydrogen-bond donors (Lipinski definition) is 2. The molecule has 1 heterocycles. The predicted molar refractivity (Wildman–Crippen MR) is 109 cm³/mol. The van der Waals surface area contributed by atoms with Crippen molar-refractivity contribution >= 4 is 27.2 Å². The van der Waals surface area contributed by atoms with Gasteiger partial charge in [0.05, 0.1) is 10.6 Å². The van der Waals surface area contributed by atoms with Gasteiger partial charge in [0.2, 0.25) is 0 Å². The molecule has 0 radical (unpaired) electrons. The zero-order chi connectivity index (χ0) is 19.3. The van der Waals surface area contributed by atoms with Gasteiger partial charge in [-0.25, -0.2) is 13.4 Å². The first-order valence-electron chi connectivity index (χ1n) is 8.35. The van der Waals surface area contributed by atoms with Crippen molar-refractivity contribution in [2.45, 2.75) is 18.7 Å². The van der Waals surface area contributed by atoms with E-state index in [1.165, 1.54) is 0 Å². The van der Waals surface area contributed by atoms with Crippen LogP contribution in [0.3, 0.4) is 0 Å². The fourth-order valence-electron chi connectivity index (χ4n) is 2.35. The quantitative estimate of drug-likeness (QED) is 0.500. The van der Waals surface area contributed by atoms with Crippen LogP contribution in [-0.4, -0.2) is 19.1 Å². The van der Waals surface area contributed by atoms with Crippen LogP contribution in [0.2, 0.25) is 0 Å². The van der Waals surface area contributed by atoms with E-state index in [1.54, 1.807) is 42.6 Å². The zero-order valence-electron chi connectivity index (χ0n) is 15.0. The Labute approximate surface area is 159 Å². The summed E-state index contributed by atoms with van der Waals surface area (Å²) >= 11 is 0. The van der Waals surface area contributed by atoms with E-state index in [2.05, 4.69) is 20.2 Å². The molecule has 0 aliphatic heterocycles. The molecule has 0 atom stereocenters. The Hall–Kier alpha value is -3.19. The molecule has 0 saturated heterocycles. The molecule has 0 spiro atoms. The molecular formula is C20H20N4O2S. The van der Waals surface area contributed by atoms with E-state index < -0.39 is 10.0 Å². The molecule has 0 fully saturated rings. The summed E-state index contributed by atoms with van der Waals surface area (Å²) in [5, 5.41) is 4.29. The van der Waals surface area contributed by atoms with Crippen molar-refractivity contribution in [1.29, 1.82) is 0 Å². The summed E-state index contributed by atoms with van der Waals surface area (Å²) in [4.78, 5) is 4.37. The molecule has 3 aromatic rings. The fourth-order valence-corrected chi connectivity index (χ4v) is 3.40. The standard InChI is InChI=1S/C20H20N4O2S/c1-15-6-12-19(13-7-15)27(25,26)24-18-10-8-17(9-11-18)16(2)22-23-20-5-3-4-14-21-20/h3-14,24H,1-2H3,(H,21,23)/b22-16+. The van der Waals surface area contributed by atoms with Gasteiger partial charge in [-0.3, -0.25) is 10.1 Å². The minimum absolute atomic E-state index is 0.231. The molecule has 2 N–H and O–H groups in total. The van der Waals surface area contributed by atoms with Crippen LogP contribution in [0.1, 0.15) is 18.1 Å². The van der Waals surface area contributed by atoms with Crippen molar-refractivity contribution < 1.29 is 8.42 Å². The topological polar surface area (TPSA) is 83.4 Å². The number of aryl methyl sites for hydroxylation is 1. The number of rotatable bonds is 6. The average molecular weight is 380 g/mol. The SMILES string of the molecule is C/C(=N\Nc1ccccn1)c1ccc(NS(=O)(=O)c2ccc(C)cc2)cc1. The smallest absolute Gasteiger partial charge is 0.261 e. The summed E-state index contributed by atoms with van der Waals surface area (Å²) in [5.74, 6) is 0.652.